The first-order valence-electron chi connectivity index (χ1n) is 8.34. The van der Waals surface area contributed by atoms with Gasteiger partial charge in [0.25, 0.3) is 0 Å². The van der Waals surface area contributed by atoms with Crippen molar-refractivity contribution in [2.75, 3.05) is 31.1 Å². The van der Waals surface area contributed by atoms with Gasteiger partial charge in [-0.15, -0.1) is 0 Å². The van der Waals surface area contributed by atoms with Crippen molar-refractivity contribution in [3.63, 3.8) is 0 Å². The maximum atomic E-state index is 12.5. The first kappa shape index (κ1) is 14.4. The Hall–Kier alpha value is -1.99. The molecule has 4 aliphatic rings. The van der Waals surface area contributed by atoms with Crippen molar-refractivity contribution >= 4 is 22.6 Å². The SMILES string of the molecule is O=C1O[C@]2(CN3CCC2CC3)CN1c1ncc(-c2ccccn2)s1. The van der Waals surface area contributed by atoms with E-state index >= 15 is 0 Å². The normalized spacial score (nSPS) is 31.7. The Morgan fingerprint density at radius 2 is 2.08 bits per heavy atom. The second-order valence-electron chi connectivity index (χ2n) is 6.79. The molecule has 7 heteroatoms. The molecule has 0 aromatic carbocycles. The predicted octanol–water partition coefficient (Wildman–Crippen LogP) is 2.63. The van der Waals surface area contributed by atoms with Crippen LogP contribution in [0.2, 0.25) is 0 Å². The zero-order valence-electron chi connectivity index (χ0n) is 13.2. The molecule has 0 saturated carbocycles. The fourth-order valence-electron chi connectivity index (χ4n) is 4.18. The highest BCUT2D eigenvalue weighted by Crippen LogP contribution is 2.44. The van der Waals surface area contributed by atoms with Gasteiger partial charge in [0, 0.05) is 24.9 Å². The summed E-state index contributed by atoms with van der Waals surface area (Å²) in [5, 5.41) is 0.703. The summed E-state index contributed by atoms with van der Waals surface area (Å²) in [5.41, 5.74) is 0.538. The lowest BCUT2D eigenvalue weighted by atomic mass is 9.75. The van der Waals surface area contributed by atoms with Gasteiger partial charge in [0.2, 0.25) is 0 Å². The summed E-state index contributed by atoms with van der Waals surface area (Å²) >= 11 is 1.49. The third-order valence-electron chi connectivity index (χ3n) is 5.40. The van der Waals surface area contributed by atoms with Gasteiger partial charge in [-0.2, -0.15) is 0 Å². The lowest BCUT2D eigenvalue weighted by molar-refractivity contribution is -0.0881. The number of fused-ring (bicyclic) bond motifs is 2. The number of nitrogens with zero attached hydrogens (tertiary/aromatic N) is 4. The van der Waals surface area contributed by atoms with Gasteiger partial charge in [0.05, 0.1) is 17.1 Å². The van der Waals surface area contributed by atoms with E-state index in [4.69, 9.17) is 4.74 Å². The average molecular weight is 342 g/mol. The topological polar surface area (TPSA) is 58.6 Å². The maximum absolute atomic E-state index is 12.5. The molecule has 2 bridgehead atoms. The number of rotatable bonds is 2. The summed E-state index contributed by atoms with van der Waals surface area (Å²) in [5.74, 6) is 0.478. The minimum atomic E-state index is -0.343. The van der Waals surface area contributed by atoms with E-state index in [9.17, 15) is 4.79 Å². The van der Waals surface area contributed by atoms with E-state index < -0.39 is 0 Å². The van der Waals surface area contributed by atoms with Crippen LogP contribution in [0.4, 0.5) is 9.93 Å². The number of aromatic nitrogens is 2. The number of carbonyl (C=O) groups excluding carboxylic acids is 1. The van der Waals surface area contributed by atoms with E-state index in [-0.39, 0.29) is 11.7 Å². The van der Waals surface area contributed by atoms with Crippen molar-refractivity contribution in [3.05, 3.63) is 30.6 Å². The van der Waals surface area contributed by atoms with Gasteiger partial charge in [0.15, 0.2) is 5.13 Å². The predicted molar refractivity (Wildman–Crippen MR) is 91.1 cm³/mol. The van der Waals surface area contributed by atoms with Gasteiger partial charge < -0.3 is 4.74 Å². The van der Waals surface area contributed by atoms with Crippen LogP contribution in [0.25, 0.3) is 10.6 Å². The molecule has 4 aliphatic heterocycles. The van der Waals surface area contributed by atoms with Crippen molar-refractivity contribution in [3.8, 4) is 10.6 Å². The van der Waals surface area contributed by atoms with Crippen molar-refractivity contribution in [1.82, 2.24) is 14.9 Å². The molecule has 6 heterocycles. The minimum absolute atomic E-state index is 0.259. The number of thiazole rings is 1. The average Bonchev–Trinajstić information content (AvgIpc) is 3.22. The van der Waals surface area contributed by atoms with Crippen LogP contribution in [0.1, 0.15) is 12.8 Å². The fraction of sp³-hybridized carbons (Fsp3) is 0.471. The molecule has 4 fully saturated rings. The van der Waals surface area contributed by atoms with E-state index in [0.717, 1.165) is 43.0 Å². The van der Waals surface area contributed by atoms with Crippen LogP contribution in [-0.2, 0) is 4.74 Å². The molecule has 0 unspecified atom stereocenters. The van der Waals surface area contributed by atoms with Crippen LogP contribution in [0.5, 0.6) is 0 Å². The summed E-state index contributed by atoms with van der Waals surface area (Å²) in [7, 11) is 0. The van der Waals surface area contributed by atoms with Gasteiger partial charge in [-0.25, -0.2) is 14.7 Å². The molecule has 124 valence electrons. The van der Waals surface area contributed by atoms with Crippen LogP contribution in [0.3, 0.4) is 0 Å². The largest absolute Gasteiger partial charge is 0.439 e. The zero-order valence-corrected chi connectivity index (χ0v) is 14.0. The molecule has 2 aromatic heterocycles. The molecule has 1 atom stereocenters. The van der Waals surface area contributed by atoms with E-state index in [2.05, 4.69) is 14.9 Å². The van der Waals surface area contributed by atoms with E-state index in [1.807, 2.05) is 18.2 Å². The van der Waals surface area contributed by atoms with Crippen molar-refractivity contribution in [2.24, 2.45) is 5.92 Å². The van der Waals surface area contributed by atoms with Crippen molar-refractivity contribution < 1.29 is 9.53 Å². The smallest absolute Gasteiger partial charge is 0.416 e. The summed E-state index contributed by atoms with van der Waals surface area (Å²) in [4.78, 5) is 26.4. The lowest BCUT2D eigenvalue weighted by Crippen LogP contribution is -2.61. The molecule has 1 spiro atoms. The molecule has 4 saturated heterocycles. The Morgan fingerprint density at radius 1 is 1.21 bits per heavy atom. The fourth-order valence-corrected chi connectivity index (χ4v) is 5.06. The summed E-state index contributed by atoms with van der Waals surface area (Å²) < 4.78 is 5.90. The van der Waals surface area contributed by atoms with Gasteiger partial charge in [-0.05, 0) is 38.1 Å². The van der Waals surface area contributed by atoms with Gasteiger partial charge >= 0.3 is 6.09 Å². The Labute approximate surface area is 144 Å². The second kappa shape index (κ2) is 5.26. The number of anilines is 1. The molecule has 0 aliphatic carbocycles. The highest BCUT2D eigenvalue weighted by atomic mass is 32.1. The molecule has 2 aromatic rings. The minimum Gasteiger partial charge on any atom is -0.439 e. The Kier molecular flexibility index (Phi) is 3.14. The Morgan fingerprint density at radius 3 is 2.79 bits per heavy atom. The van der Waals surface area contributed by atoms with Crippen molar-refractivity contribution in [1.29, 1.82) is 0 Å². The summed E-state index contributed by atoms with van der Waals surface area (Å²) in [6.07, 6.45) is 5.54. The highest BCUT2D eigenvalue weighted by molar-refractivity contribution is 7.19. The number of carbonyl (C=O) groups is 1. The molecule has 6 rings (SSSR count). The number of amides is 1. The monoisotopic (exact) mass is 342 g/mol. The van der Waals surface area contributed by atoms with Gasteiger partial charge in [-0.3, -0.25) is 9.88 Å². The quantitative estimate of drug-likeness (QED) is 0.840. The van der Waals surface area contributed by atoms with Crippen LogP contribution in [0.15, 0.2) is 30.6 Å². The Bertz CT molecular complexity index is 772. The number of pyridine rings is 1. The summed E-state index contributed by atoms with van der Waals surface area (Å²) in [6.45, 7) is 3.73. The van der Waals surface area contributed by atoms with Crippen LogP contribution < -0.4 is 4.90 Å². The molecular weight excluding hydrogens is 324 g/mol. The van der Waals surface area contributed by atoms with Crippen LogP contribution in [-0.4, -0.2) is 52.7 Å². The number of ether oxygens (including phenoxy) is 1. The maximum Gasteiger partial charge on any atom is 0.416 e. The first-order chi connectivity index (χ1) is 11.7. The second-order valence-corrected chi connectivity index (χ2v) is 7.80. The van der Waals surface area contributed by atoms with E-state index in [1.54, 1.807) is 17.3 Å². The van der Waals surface area contributed by atoms with Crippen molar-refractivity contribution in [2.45, 2.75) is 18.4 Å². The first-order valence-corrected chi connectivity index (χ1v) is 9.15. The van der Waals surface area contributed by atoms with E-state index in [1.165, 1.54) is 11.3 Å². The molecular formula is C17H18N4O2S. The number of hydrogen-bond acceptors (Lipinski definition) is 6. The molecule has 0 N–H and O–H groups in total. The highest BCUT2D eigenvalue weighted by Gasteiger charge is 2.56. The standard InChI is InChI=1S/C17H18N4O2S/c22-16-21(11-17(23-16)10-20-7-4-12(17)5-8-20)15-19-9-14(24-15)13-3-1-2-6-18-13/h1-3,6,9,12H,4-5,7-8,10-11H2/t17-/m1/s1. The third kappa shape index (κ3) is 2.15. The van der Waals surface area contributed by atoms with Crippen LogP contribution in [0, 0.1) is 5.92 Å². The lowest BCUT2D eigenvalue weighted by Gasteiger charge is -2.49. The molecule has 24 heavy (non-hydrogen) atoms. The van der Waals surface area contributed by atoms with Gasteiger partial charge in [0.1, 0.15) is 5.60 Å². The van der Waals surface area contributed by atoms with Gasteiger partial charge in [-0.1, -0.05) is 17.4 Å². The molecule has 0 radical (unpaired) electrons. The number of piperidine rings is 3. The Balaban J connectivity index is 1.42. The zero-order chi connectivity index (χ0) is 16.1. The molecule has 1 amide bonds. The third-order valence-corrected chi connectivity index (χ3v) is 6.44. The van der Waals surface area contributed by atoms with E-state index in [0.29, 0.717) is 17.6 Å². The number of hydrogen-bond donors (Lipinski definition) is 0. The van der Waals surface area contributed by atoms with Crippen LogP contribution >= 0.6 is 11.3 Å². The molecule has 6 nitrogen and oxygen atoms in total. The summed E-state index contributed by atoms with van der Waals surface area (Å²) in [6, 6.07) is 5.79.